The topological polar surface area (TPSA) is 83.9 Å². The number of rotatable bonds is 2. The van der Waals surface area contributed by atoms with Crippen LogP contribution in [-0.4, -0.2) is 58.9 Å². The molecule has 6 saturated carbocycles. The number of hydrogen-bond donors (Lipinski definition) is 1. The molecule has 1 aromatic rings. The Labute approximate surface area is 198 Å². The summed E-state index contributed by atoms with van der Waals surface area (Å²) in [6.07, 6.45) is 0.318. The van der Waals surface area contributed by atoms with Crippen molar-refractivity contribution >= 4 is 17.5 Å². The Morgan fingerprint density at radius 2 is 1.91 bits per heavy atom. The lowest BCUT2D eigenvalue weighted by Crippen LogP contribution is -2.77. The quantitative estimate of drug-likeness (QED) is 0.540. The molecule has 10 rings (SSSR count). The highest BCUT2D eigenvalue weighted by Crippen LogP contribution is 2.84. The maximum absolute atomic E-state index is 14.2. The SMILES string of the molecule is C=C1[C@H]2C(=O)[C@H]3C4N5CC6C[C@]3(C(C2OC(=O)c2ccccc2)[C@@]42CC(=O)C[C@@](C)(C5)C62)[C@@H]1O. The minimum absolute atomic E-state index is 0.0447. The van der Waals surface area contributed by atoms with Crippen molar-refractivity contribution in [3.8, 4) is 0 Å². The molecule has 9 bridgehead atoms. The van der Waals surface area contributed by atoms with Crippen LogP contribution in [0.2, 0.25) is 0 Å². The second-order valence-electron chi connectivity index (χ2n) is 12.6. The number of aliphatic hydroxyl groups is 1. The summed E-state index contributed by atoms with van der Waals surface area (Å²) in [5, 5.41) is 11.7. The van der Waals surface area contributed by atoms with E-state index in [0.717, 1.165) is 19.5 Å². The van der Waals surface area contributed by atoms with Gasteiger partial charge in [-0.15, -0.1) is 0 Å². The number of ether oxygens (including phenoxy) is 1. The molecule has 0 radical (unpaired) electrons. The van der Waals surface area contributed by atoms with E-state index in [-0.39, 0.29) is 34.9 Å². The Morgan fingerprint density at radius 1 is 1.15 bits per heavy atom. The lowest BCUT2D eigenvalue weighted by atomic mass is 9.35. The number of Topliss-reactive ketones (excluding diaryl/α,β-unsaturated/α-hetero) is 2. The molecular formula is C28H29NO5. The zero-order valence-electron chi connectivity index (χ0n) is 19.3. The molecule has 176 valence electrons. The first-order valence-corrected chi connectivity index (χ1v) is 12.7. The lowest BCUT2D eigenvalue weighted by molar-refractivity contribution is -0.266. The van der Waals surface area contributed by atoms with Crippen molar-refractivity contribution in [2.45, 2.75) is 44.4 Å². The minimum Gasteiger partial charge on any atom is -0.457 e. The molecule has 6 aliphatic carbocycles. The van der Waals surface area contributed by atoms with Crippen LogP contribution >= 0.6 is 0 Å². The molecule has 6 unspecified atom stereocenters. The normalized spacial score (nSPS) is 55.1. The number of nitrogens with zero attached hydrogens (tertiary/aromatic N) is 1. The number of hydrogen-bond acceptors (Lipinski definition) is 6. The summed E-state index contributed by atoms with van der Waals surface area (Å²) in [5.41, 5.74) is -0.260. The Hall–Kier alpha value is -2.31. The predicted octanol–water partition coefficient (Wildman–Crippen LogP) is 2.26. The fourth-order valence-electron chi connectivity index (χ4n) is 11.4. The Bertz CT molecular complexity index is 1210. The second-order valence-corrected chi connectivity index (χ2v) is 12.6. The highest BCUT2D eigenvalue weighted by molar-refractivity contribution is 5.95. The third-order valence-electron chi connectivity index (χ3n) is 11.3. The van der Waals surface area contributed by atoms with Crippen molar-refractivity contribution in [3.63, 3.8) is 0 Å². The van der Waals surface area contributed by atoms with Crippen LogP contribution in [0, 0.1) is 45.8 Å². The van der Waals surface area contributed by atoms with Gasteiger partial charge >= 0.3 is 5.97 Å². The molecule has 34 heavy (non-hydrogen) atoms. The molecule has 2 spiro atoms. The molecule has 6 nitrogen and oxygen atoms in total. The van der Waals surface area contributed by atoms with Gasteiger partial charge in [0.15, 0.2) is 0 Å². The molecule has 3 heterocycles. The minimum atomic E-state index is -0.788. The van der Waals surface area contributed by atoms with Crippen LogP contribution in [0.3, 0.4) is 0 Å². The summed E-state index contributed by atoms with van der Waals surface area (Å²) in [7, 11) is 0. The molecule has 12 atom stereocenters. The van der Waals surface area contributed by atoms with Crippen LogP contribution in [0.25, 0.3) is 0 Å². The first-order valence-electron chi connectivity index (χ1n) is 12.7. The van der Waals surface area contributed by atoms with E-state index in [0.29, 0.717) is 35.8 Å². The van der Waals surface area contributed by atoms with E-state index in [9.17, 15) is 19.5 Å². The van der Waals surface area contributed by atoms with E-state index in [1.165, 1.54) is 0 Å². The van der Waals surface area contributed by atoms with E-state index in [2.05, 4.69) is 18.4 Å². The fraction of sp³-hybridized carbons (Fsp3) is 0.607. The largest absolute Gasteiger partial charge is 0.457 e. The number of ketones is 2. The van der Waals surface area contributed by atoms with Crippen LogP contribution in [0.1, 0.15) is 36.5 Å². The molecule has 9 aliphatic rings. The zero-order chi connectivity index (χ0) is 23.4. The van der Waals surface area contributed by atoms with Gasteiger partial charge in [-0.1, -0.05) is 31.7 Å². The van der Waals surface area contributed by atoms with Crippen LogP contribution in [0.5, 0.6) is 0 Å². The first-order chi connectivity index (χ1) is 16.2. The fourth-order valence-corrected chi connectivity index (χ4v) is 11.4. The molecule has 1 N–H and O–H groups in total. The summed E-state index contributed by atoms with van der Waals surface area (Å²) in [4.78, 5) is 43.3. The average Bonchev–Trinajstić information content (AvgIpc) is 2.84. The number of carbonyl (C=O) groups excluding carboxylic acids is 3. The maximum atomic E-state index is 14.2. The van der Waals surface area contributed by atoms with Gasteiger partial charge in [0.25, 0.3) is 0 Å². The van der Waals surface area contributed by atoms with Crippen LogP contribution in [0.15, 0.2) is 42.5 Å². The number of piperidine rings is 3. The summed E-state index contributed by atoms with van der Waals surface area (Å²) in [5.74, 6) is -0.633. The molecule has 6 heteroatoms. The van der Waals surface area contributed by atoms with Crippen molar-refractivity contribution in [1.29, 1.82) is 0 Å². The Kier molecular flexibility index (Phi) is 3.36. The van der Waals surface area contributed by atoms with Crippen LogP contribution in [-0.2, 0) is 14.3 Å². The molecule has 1 aromatic carbocycles. The number of carbonyl (C=O) groups is 3. The van der Waals surface area contributed by atoms with Gasteiger partial charge in [0.1, 0.15) is 17.7 Å². The van der Waals surface area contributed by atoms with Gasteiger partial charge in [0, 0.05) is 54.6 Å². The number of fused-ring (bicyclic) bond motifs is 1. The van der Waals surface area contributed by atoms with E-state index in [4.69, 9.17) is 4.74 Å². The van der Waals surface area contributed by atoms with Crippen molar-refractivity contribution in [2.75, 3.05) is 13.1 Å². The highest BCUT2D eigenvalue weighted by Gasteiger charge is 2.89. The lowest BCUT2D eigenvalue weighted by Gasteiger charge is -2.73. The molecule has 9 fully saturated rings. The zero-order valence-corrected chi connectivity index (χ0v) is 19.3. The molecule has 3 aliphatic heterocycles. The van der Waals surface area contributed by atoms with Crippen LogP contribution in [0.4, 0.5) is 0 Å². The number of aliphatic hydroxyl groups excluding tert-OH is 1. The standard InChI is InChI=1S/C28H29NO5/c1-13-17-19(31)18-23-28-10-16(30)9-26(2)12-29(23)11-15(21(26)28)8-27(18,24(13)32)22(28)20(17)34-25(33)14-6-4-3-5-7-14/h3-7,15,17-18,20-24,32H,1,8-12H2,2H3/t15?,17-,18-,20?,21?,22?,23?,24+,26-,27-,28-/m0/s1. The van der Waals surface area contributed by atoms with E-state index < -0.39 is 34.9 Å². The van der Waals surface area contributed by atoms with Crippen LogP contribution < -0.4 is 0 Å². The Balaban J connectivity index is 1.35. The first kappa shape index (κ1) is 19.9. The van der Waals surface area contributed by atoms with Crippen molar-refractivity contribution in [1.82, 2.24) is 4.90 Å². The van der Waals surface area contributed by atoms with Gasteiger partial charge in [0.2, 0.25) is 0 Å². The second kappa shape index (κ2) is 5.73. The summed E-state index contributed by atoms with van der Waals surface area (Å²) in [6, 6.07) is 8.84. The predicted molar refractivity (Wildman–Crippen MR) is 120 cm³/mol. The summed E-state index contributed by atoms with van der Waals surface area (Å²) in [6.45, 7) is 8.23. The number of esters is 1. The molecule has 0 aromatic heterocycles. The Morgan fingerprint density at radius 3 is 2.68 bits per heavy atom. The van der Waals surface area contributed by atoms with Crippen molar-refractivity contribution < 1.29 is 24.2 Å². The third kappa shape index (κ3) is 1.83. The highest BCUT2D eigenvalue weighted by atomic mass is 16.5. The van der Waals surface area contributed by atoms with Gasteiger partial charge in [-0.3, -0.25) is 14.5 Å². The van der Waals surface area contributed by atoms with Gasteiger partial charge in [0.05, 0.1) is 17.6 Å². The summed E-state index contributed by atoms with van der Waals surface area (Å²) < 4.78 is 6.27. The van der Waals surface area contributed by atoms with E-state index in [1.807, 2.05) is 6.07 Å². The molecule has 0 amide bonds. The van der Waals surface area contributed by atoms with Gasteiger partial charge in [-0.05, 0) is 41.4 Å². The van der Waals surface area contributed by atoms with Gasteiger partial charge < -0.3 is 9.84 Å². The molecule has 3 saturated heterocycles. The molecular weight excluding hydrogens is 430 g/mol. The van der Waals surface area contributed by atoms with Gasteiger partial charge in [-0.2, -0.15) is 0 Å². The van der Waals surface area contributed by atoms with E-state index >= 15 is 0 Å². The smallest absolute Gasteiger partial charge is 0.338 e. The summed E-state index contributed by atoms with van der Waals surface area (Å²) >= 11 is 0. The monoisotopic (exact) mass is 459 g/mol. The van der Waals surface area contributed by atoms with Gasteiger partial charge in [-0.25, -0.2) is 4.79 Å². The van der Waals surface area contributed by atoms with Crippen molar-refractivity contribution in [3.05, 3.63) is 48.0 Å². The average molecular weight is 460 g/mol. The van der Waals surface area contributed by atoms with E-state index in [1.54, 1.807) is 24.3 Å². The maximum Gasteiger partial charge on any atom is 0.338 e. The van der Waals surface area contributed by atoms with Crippen molar-refractivity contribution in [2.24, 2.45) is 45.8 Å². The number of benzene rings is 1. The third-order valence-corrected chi connectivity index (χ3v) is 11.3.